The number of hydrogen-bond donors (Lipinski definition) is 3. The first-order valence-electron chi connectivity index (χ1n) is 11.1. The van der Waals surface area contributed by atoms with Gasteiger partial charge in [0.25, 0.3) is 0 Å². The van der Waals surface area contributed by atoms with Crippen LogP contribution in [0.1, 0.15) is 25.7 Å². The molecule has 3 N–H and O–H groups in total. The van der Waals surface area contributed by atoms with Crippen LogP contribution in [0.5, 0.6) is 0 Å². The summed E-state index contributed by atoms with van der Waals surface area (Å²) >= 11 is 0. The molecule has 0 bridgehead atoms. The maximum atomic E-state index is 12.9. The number of fused-ring (bicyclic) bond motifs is 1. The van der Waals surface area contributed by atoms with Crippen molar-refractivity contribution >= 4 is 32.7 Å². The summed E-state index contributed by atoms with van der Waals surface area (Å²) in [4.78, 5) is 20.6. The number of imidazole rings is 1. The Bertz CT molecular complexity index is 1180. The number of carbonyl (C=O) groups excluding carboxylic acids is 1. The third-order valence-corrected chi connectivity index (χ3v) is 8.60. The van der Waals surface area contributed by atoms with Crippen LogP contribution in [0, 0.1) is 0 Å². The van der Waals surface area contributed by atoms with Gasteiger partial charge in [-0.2, -0.15) is 0 Å². The van der Waals surface area contributed by atoms with Gasteiger partial charge in [-0.15, -0.1) is 0 Å². The Morgan fingerprint density at radius 2 is 1.78 bits per heavy atom. The molecule has 0 radical (unpaired) electrons. The Kier molecular flexibility index (Phi) is 5.71. The number of benzene rings is 2. The minimum absolute atomic E-state index is 0.210. The van der Waals surface area contributed by atoms with E-state index in [0.29, 0.717) is 31.7 Å². The Morgan fingerprint density at radius 1 is 1.03 bits per heavy atom. The van der Waals surface area contributed by atoms with Crippen LogP contribution in [-0.4, -0.2) is 59.5 Å². The molecule has 8 nitrogen and oxygen atoms in total. The number of hydrogen-bond acceptors (Lipinski definition) is 5. The average Bonchev–Trinajstić information content (AvgIpc) is 3.48. The van der Waals surface area contributed by atoms with Crippen molar-refractivity contribution < 1.29 is 13.2 Å². The van der Waals surface area contributed by atoms with Gasteiger partial charge in [-0.1, -0.05) is 18.6 Å². The second kappa shape index (κ2) is 8.65. The molecular formula is C23H27N5O3S. The maximum absolute atomic E-state index is 12.9. The molecule has 168 valence electrons. The summed E-state index contributed by atoms with van der Waals surface area (Å²) in [5.41, 5.74) is 3.47. The number of aromatic nitrogens is 2. The highest BCUT2D eigenvalue weighted by Gasteiger charge is 2.40. The second-order valence-corrected chi connectivity index (χ2v) is 10.7. The normalized spacial score (nSPS) is 22.2. The monoisotopic (exact) mass is 453 g/mol. The zero-order chi connectivity index (χ0) is 22.1. The SMILES string of the molecule is O=C(Nc1ccc(-c2nc3ccccc3[nH]2)cc1)C1CC(S(=O)(=O)N2CCCCC2)CN1. The van der Waals surface area contributed by atoms with E-state index in [4.69, 9.17) is 0 Å². The van der Waals surface area contributed by atoms with E-state index < -0.39 is 21.3 Å². The van der Waals surface area contributed by atoms with Crippen molar-refractivity contribution in [1.82, 2.24) is 19.6 Å². The summed E-state index contributed by atoms with van der Waals surface area (Å²) in [5, 5.41) is 5.44. The summed E-state index contributed by atoms with van der Waals surface area (Å²) in [6, 6.07) is 14.8. The quantitative estimate of drug-likeness (QED) is 0.551. The fourth-order valence-electron chi connectivity index (χ4n) is 4.49. The highest BCUT2D eigenvalue weighted by Crippen LogP contribution is 2.24. The number of H-pyrrole nitrogens is 1. The Labute approximate surface area is 187 Å². The molecule has 5 rings (SSSR count). The number of sulfonamides is 1. The van der Waals surface area contributed by atoms with Crippen molar-refractivity contribution in [3.8, 4) is 11.4 Å². The highest BCUT2D eigenvalue weighted by molar-refractivity contribution is 7.89. The third-order valence-electron chi connectivity index (χ3n) is 6.32. The molecule has 1 aromatic heterocycles. The Hall–Kier alpha value is -2.75. The van der Waals surface area contributed by atoms with E-state index in [1.807, 2.05) is 48.5 Å². The summed E-state index contributed by atoms with van der Waals surface area (Å²) in [5.74, 6) is 0.560. The number of nitrogens with one attached hydrogen (secondary N) is 3. The first kappa shape index (κ1) is 21.1. The molecule has 2 unspecified atom stereocenters. The number of para-hydroxylation sites is 2. The van der Waals surface area contributed by atoms with E-state index in [0.717, 1.165) is 41.7 Å². The highest BCUT2D eigenvalue weighted by atomic mass is 32.2. The van der Waals surface area contributed by atoms with Crippen LogP contribution in [0.25, 0.3) is 22.4 Å². The van der Waals surface area contributed by atoms with Crippen LogP contribution in [0.2, 0.25) is 0 Å². The van der Waals surface area contributed by atoms with Crippen molar-refractivity contribution in [2.24, 2.45) is 0 Å². The molecule has 2 fully saturated rings. The number of nitrogens with zero attached hydrogens (tertiary/aromatic N) is 2. The van der Waals surface area contributed by atoms with Crippen LogP contribution < -0.4 is 10.6 Å². The minimum Gasteiger partial charge on any atom is -0.338 e. The summed E-state index contributed by atoms with van der Waals surface area (Å²) < 4.78 is 27.4. The van der Waals surface area contributed by atoms with E-state index >= 15 is 0 Å². The predicted octanol–water partition coefficient (Wildman–Crippen LogP) is 2.71. The molecule has 2 saturated heterocycles. The molecule has 1 amide bonds. The molecule has 2 aliphatic rings. The summed E-state index contributed by atoms with van der Waals surface area (Å²) in [7, 11) is -3.37. The topological polar surface area (TPSA) is 107 Å². The number of rotatable bonds is 5. The van der Waals surface area contributed by atoms with Crippen LogP contribution in [0.15, 0.2) is 48.5 Å². The molecule has 0 aliphatic carbocycles. The molecule has 32 heavy (non-hydrogen) atoms. The van der Waals surface area contributed by atoms with Gasteiger partial charge < -0.3 is 15.6 Å². The lowest BCUT2D eigenvalue weighted by molar-refractivity contribution is -0.117. The zero-order valence-electron chi connectivity index (χ0n) is 17.8. The van der Waals surface area contributed by atoms with Gasteiger partial charge in [0, 0.05) is 30.9 Å². The predicted molar refractivity (Wildman–Crippen MR) is 125 cm³/mol. The van der Waals surface area contributed by atoms with Crippen molar-refractivity contribution in [1.29, 1.82) is 0 Å². The second-order valence-electron chi connectivity index (χ2n) is 8.49. The standard InChI is InChI=1S/C23H27N5O3S/c29-23(21-14-18(15-24-21)32(30,31)28-12-4-1-5-13-28)25-17-10-8-16(9-11-17)22-26-19-6-2-3-7-20(19)27-22/h2-3,6-11,18,21,24H,1,4-5,12-15H2,(H,25,29)(H,26,27). The van der Waals surface area contributed by atoms with Gasteiger partial charge in [-0.25, -0.2) is 17.7 Å². The van der Waals surface area contributed by atoms with Gasteiger partial charge in [-0.3, -0.25) is 4.79 Å². The van der Waals surface area contributed by atoms with Crippen molar-refractivity contribution in [2.75, 3.05) is 25.0 Å². The number of anilines is 1. The molecule has 3 aromatic rings. The van der Waals surface area contributed by atoms with Crippen LogP contribution in [0.3, 0.4) is 0 Å². The smallest absolute Gasteiger partial charge is 0.241 e. The molecule has 9 heteroatoms. The van der Waals surface area contributed by atoms with E-state index in [1.165, 1.54) is 0 Å². The molecular weight excluding hydrogens is 426 g/mol. The van der Waals surface area contributed by atoms with Gasteiger partial charge in [0.15, 0.2) is 0 Å². The van der Waals surface area contributed by atoms with E-state index in [-0.39, 0.29) is 5.91 Å². The molecule has 2 atom stereocenters. The summed E-state index contributed by atoms with van der Waals surface area (Å²) in [6.07, 6.45) is 3.19. The molecule has 0 saturated carbocycles. The fourth-order valence-corrected chi connectivity index (χ4v) is 6.42. The zero-order valence-corrected chi connectivity index (χ0v) is 18.6. The van der Waals surface area contributed by atoms with Crippen molar-refractivity contribution in [3.05, 3.63) is 48.5 Å². The van der Waals surface area contributed by atoms with Crippen LogP contribution >= 0.6 is 0 Å². The van der Waals surface area contributed by atoms with Gasteiger partial charge in [0.1, 0.15) is 5.82 Å². The van der Waals surface area contributed by atoms with E-state index in [2.05, 4.69) is 20.6 Å². The first-order chi connectivity index (χ1) is 15.5. The molecule has 0 spiro atoms. The fraction of sp³-hybridized carbons (Fsp3) is 0.391. The Balaban J connectivity index is 1.21. The number of carbonyl (C=O) groups is 1. The number of piperidine rings is 1. The number of amides is 1. The first-order valence-corrected chi connectivity index (χ1v) is 12.6. The van der Waals surface area contributed by atoms with Gasteiger partial charge in [0.2, 0.25) is 15.9 Å². The van der Waals surface area contributed by atoms with Gasteiger partial charge >= 0.3 is 0 Å². The maximum Gasteiger partial charge on any atom is 0.241 e. The molecule has 3 heterocycles. The average molecular weight is 454 g/mol. The van der Waals surface area contributed by atoms with Gasteiger partial charge in [0.05, 0.1) is 22.3 Å². The van der Waals surface area contributed by atoms with Crippen molar-refractivity contribution in [3.63, 3.8) is 0 Å². The molecule has 2 aliphatic heterocycles. The van der Waals surface area contributed by atoms with Gasteiger partial charge in [-0.05, 0) is 55.7 Å². The largest absolute Gasteiger partial charge is 0.338 e. The summed E-state index contributed by atoms with van der Waals surface area (Å²) in [6.45, 7) is 1.49. The lowest BCUT2D eigenvalue weighted by Crippen LogP contribution is -2.42. The minimum atomic E-state index is -3.37. The lowest BCUT2D eigenvalue weighted by atomic mass is 10.1. The van der Waals surface area contributed by atoms with Crippen LogP contribution in [0.4, 0.5) is 5.69 Å². The van der Waals surface area contributed by atoms with Crippen LogP contribution in [-0.2, 0) is 14.8 Å². The van der Waals surface area contributed by atoms with Crippen molar-refractivity contribution in [2.45, 2.75) is 37.0 Å². The van der Waals surface area contributed by atoms with E-state index in [9.17, 15) is 13.2 Å². The lowest BCUT2D eigenvalue weighted by Gasteiger charge is -2.28. The van der Waals surface area contributed by atoms with E-state index in [1.54, 1.807) is 4.31 Å². The molecule has 2 aromatic carbocycles. The Morgan fingerprint density at radius 3 is 2.53 bits per heavy atom. The number of aromatic amines is 1. The third kappa shape index (κ3) is 4.15.